The number of anilines is 1. The monoisotopic (exact) mass is 263 g/mol. The van der Waals surface area contributed by atoms with Gasteiger partial charge in [-0.2, -0.15) is 0 Å². The topological polar surface area (TPSA) is 32.5 Å². The number of nitrogens with zero attached hydrogens (tertiary/aromatic N) is 2. The Bertz CT molecular complexity index is 461. The van der Waals surface area contributed by atoms with Crippen molar-refractivity contribution in [2.75, 3.05) is 31.1 Å². The van der Waals surface area contributed by atoms with Crippen LogP contribution in [0.25, 0.3) is 0 Å². The van der Waals surface area contributed by atoms with E-state index in [9.17, 15) is 4.39 Å². The van der Waals surface area contributed by atoms with Crippen LogP contribution in [-0.4, -0.2) is 37.1 Å². The summed E-state index contributed by atoms with van der Waals surface area (Å²) >= 11 is 0. The van der Waals surface area contributed by atoms with Gasteiger partial charge in [0.25, 0.3) is 0 Å². The van der Waals surface area contributed by atoms with Crippen LogP contribution in [0.1, 0.15) is 31.4 Å². The molecule has 0 saturated carbocycles. The first-order valence-corrected chi connectivity index (χ1v) is 7.20. The summed E-state index contributed by atoms with van der Waals surface area (Å²) < 4.78 is 14.2. The van der Waals surface area contributed by atoms with Gasteiger partial charge in [0.15, 0.2) is 0 Å². The molecule has 0 aliphatic carbocycles. The van der Waals surface area contributed by atoms with Crippen LogP contribution < -0.4 is 10.6 Å². The van der Waals surface area contributed by atoms with Gasteiger partial charge in [-0.25, -0.2) is 4.39 Å². The number of halogens is 1. The normalized spacial score (nSPS) is 25.4. The van der Waals surface area contributed by atoms with Gasteiger partial charge in [-0.05, 0) is 37.9 Å². The third kappa shape index (κ3) is 2.35. The molecule has 104 valence electrons. The highest BCUT2D eigenvalue weighted by molar-refractivity contribution is 5.56. The van der Waals surface area contributed by atoms with Gasteiger partial charge in [-0.15, -0.1) is 0 Å². The maximum Gasteiger partial charge on any atom is 0.146 e. The summed E-state index contributed by atoms with van der Waals surface area (Å²) in [5, 5.41) is 0. The minimum atomic E-state index is -0.138. The molecule has 1 aromatic carbocycles. The minimum Gasteiger partial charge on any atom is -0.366 e. The molecule has 2 N–H and O–H groups in total. The van der Waals surface area contributed by atoms with Crippen molar-refractivity contribution in [1.29, 1.82) is 0 Å². The Morgan fingerprint density at radius 2 is 2.16 bits per heavy atom. The fourth-order valence-corrected chi connectivity index (χ4v) is 3.43. The van der Waals surface area contributed by atoms with Crippen LogP contribution in [0.5, 0.6) is 0 Å². The van der Waals surface area contributed by atoms with E-state index in [-0.39, 0.29) is 11.9 Å². The van der Waals surface area contributed by atoms with E-state index in [0.29, 0.717) is 6.04 Å². The number of hydrogen-bond donors (Lipinski definition) is 1. The van der Waals surface area contributed by atoms with E-state index in [4.69, 9.17) is 5.73 Å². The summed E-state index contributed by atoms with van der Waals surface area (Å²) in [6, 6.07) is 5.71. The summed E-state index contributed by atoms with van der Waals surface area (Å²) in [5.41, 5.74) is 7.64. The molecule has 3 rings (SSSR count). The van der Waals surface area contributed by atoms with E-state index in [0.717, 1.165) is 30.9 Å². The van der Waals surface area contributed by atoms with Crippen molar-refractivity contribution in [3.05, 3.63) is 29.6 Å². The van der Waals surface area contributed by atoms with E-state index >= 15 is 0 Å². The van der Waals surface area contributed by atoms with Gasteiger partial charge in [0.1, 0.15) is 5.82 Å². The molecule has 0 radical (unpaired) electrons. The Balaban J connectivity index is 1.89. The summed E-state index contributed by atoms with van der Waals surface area (Å²) in [6.45, 7) is 6.00. The van der Waals surface area contributed by atoms with Crippen molar-refractivity contribution in [2.45, 2.75) is 31.8 Å². The van der Waals surface area contributed by atoms with Crippen molar-refractivity contribution >= 4 is 5.69 Å². The molecule has 2 fully saturated rings. The van der Waals surface area contributed by atoms with Gasteiger partial charge in [-0.3, -0.25) is 4.90 Å². The zero-order chi connectivity index (χ0) is 13.4. The molecule has 2 heterocycles. The van der Waals surface area contributed by atoms with Crippen LogP contribution in [0.2, 0.25) is 0 Å². The molecular formula is C15H22FN3. The Hall–Kier alpha value is -1.13. The molecule has 0 spiro atoms. The van der Waals surface area contributed by atoms with Crippen molar-refractivity contribution < 1.29 is 4.39 Å². The number of fused-ring (bicyclic) bond motifs is 1. The van der Waals surface area contributed by atoms with E-state index in [1.165, 1.54) is 19.4 Å². The molecule has 1 aromatic rings. The summed E-state index contributed by atoms with van der Waals surface area (Å²) in [7, 11) is 0. The second kappa shape index (κ2) is 5.10. The minimum absolute atomic E-state index is 0.132. The number of para-hydroxylation sites is 1. The predicted octanol–water partition coefficient (Wildman–Crippen LogP) is 2.13. The second-order valence-corrected chi connectivity index (χ2v) is 5.74. The van der Waals surface area contributed by atoms with Gasteiger partial charge in [0.05, 0.1) is 5.69 Å². The fourth-order valence-electron chi connectivity index (χ4n) is 3.43. The zero-order valence-electron chi connectivity index (χ0n) is 11.5. The Labute approximate surface area is 114 Å². The molecule has 3 nitrogen and oxygen atoms in total. The van der Waals surface area contributed by atoms with Gasteiger partial charge in [0, 0.05) is 31.7 Å². The molecule has 0 amide bonds. The van der Waals surface area contributed by atoms with Gasteiger partial charge < -0.3 is 10.6 Å². The lowest BCUT2D eigenvalue weighted by Crippen LogP contribution is -2.50. The first-order chi connectivity index (χ1) is 9.16. The van der Waals surface area contributed by atoms with Crippen molar-refractivity contribution in [3.63, 3.8) is 0 Å². The van der Waals surface area contributed by atoms with Crippen LogP contribution in [0.4, 0.5) is 10.1 Å². The molecule has 4 heteroatoms. The molecular weight excluding hydrogens is 241 g/mol. The highest BCUT2D eigenvalue weighted by atomic mass is 19.1. The lowest BCUT2D eigenvalue weighted by Gasteiger charge is -2.40. The Kier molecular flexibility index (Phi) is 3.46. The Morgan fingerprint density at radius 1 is 1.32 bits per heavy atom. The molecule has 0 aromatic heterocycles. The lowest BCUT2D eigenvalue weighted by molar-refractivity contribution is 0.230. The van der Waals surface area contributed by atoms with Crippen LogP contribution in [0.3, 0.4) is 0 Å². The zero-order valence-corrected chi connectivity index (χ0v) is 11.5. The van der Waals surface area contributed by atoms with E-state index in [2.05, 4.69) is 9.80 Å². The molecule has 19 heavy (non-hydrogen) atoms. The summed E-state index contributed by atoms with van der Waals surface area (Å²) in [6.07, 6.45) is 2.51. The standard InChI is InChI=1S/C15H22FN3/c1-11(17)13-5-2-6-14(16)15(13)19-9-8-18-7-3-4-12(18)10-19/h2,5-6,11-12H,3-4,7-10,17H2,1H3. The lowest BCUT2D eigenvalue weighted by atomic mass is 10.0. The SMILES string of the molecule is CC(N)c1cccc(F)c1N1CCN2CCCC2C1. The first-order valence-electron chi connectivity index (χ1n) is 7.20. The summed E-state index contributed by atoms with van der Waals surface area (Å²) in [5.74, 6) is -0.138. The maximum atomic E-state index is 14.2. The number of piperazine rings is 1. The fraction of sp³-hybridized carbons (Fsp3) is 0.600. The second-order valence-electron chi connectivity index (χ2n) is 5.74. The number of rotatable bonds is 2. The van der Waals surface area contributed by atoms with Crippen LogP contribution in [-0.2, 0) is 0 Å². The Morgan fingerprint density at radius 3 is 2.95 bits per heavy atom. The largest absolute Gasteiger partial charge is 0.366 e. The summed E-state index contributed by atoms with van der Waals surface area (Å²) in [4.78, 5) is 4.73. The molecule has 2 saturated heterocycles. The van der Waals surface area contributed by atoms with Gasteiger partial charge in [0.2, 0.25) is 0 Å². The highest BCUT2D eigenvalue weighted by Gasteiger charge is 2.32. The van der Waals surface area contributed by atoms with E-state index < -0.39 is 0 Å². The number of benzene rings is 1. The van der Waals surface area contributed by atoms with Gasteiger partial charge in [-0.1, -0.05) is 12.1 Å². The average molecular weight is 263 g/mol. The van der Waals surface area contributed by atoms with Gasteiger partial charge >= 0.3 is 0 Å². The molecule has 2 unspecified atom stereocenters. The third-order valence-corrected chi connectivity index (χ3v) is 4.41. The molecule has 0 bridgehead atoms. The average Bonchev–Trinajstić information content (AvgIpc) is 2.85. The third-order valence-electron chi connectivity index (χ3n) is 4.41. The van der Waals surface area contributed by atoms with E-state index in [1.54, 1.807) is 12.1 Å². The first kappa shape index (κ1) is 12.9. The van der Waals surface area contributed by atoms with Crippen LogP contribution in [0.15, 0.2) is 18.2 Å². The van der Waals surface area contributed by atoms with Crippen LogP contribution in [0, 0.1) is 5.82 Å². The molecule has 2 aliphatic heterocycles. The van der Waals surface area contributed by atoms with Crippen molar-refractivity contribution in [2.24, 2.45) is 5.73 Å². The number of nitrogens with two attached hydrogens (primary N) is 1. The van der Waals surface area contributed by atoms with E-state index in [1.807, 2.05) is 13.0 Å². The van der Waals surface area contributed by atoms with Crippen molar-refractivity contribution in [3.8, 4) is 0 Å². The molecule has 2 atom stereocenters. The predicted molar refractivity (Wildman–Crippen MR) is 75.8 cm³/mol. The van der Waals surface area contributed by atoms with Crippen molar-refractivity contribution in [1.82, 2.24) is 4.90 Å². The number of hydrogen-bond acceptors (Lipinski definition) is 3. The smallest absolute Gasteiger partial charge is 0.146 e. The maximum absolute atomic E-state index is 14.2. The van der Waals surface area contributed by atoms with Crippen LogP contribution >= 0.6 is 0 Å². The molecule has 2 aliphatic rings. The highest BCUT2D eigenvalue weighted by Crippen LogP contribution is 2.32. The quantitative estimate of drug-likeness (QED) is 0.887.